The SMILES string of the molecule is COc1ccc2ccccc2c1-c1c(SC(=O)N(C)C)ccc2ccccc12. The maximum Gasteiger partial charge on any atom is 0.285 e. The molecule has 3 nitrogen and oxygen atoms in total. The molecule has 0 aliphatic carbocycles. The summed E-state index contributed by atoms with van der Waals surface area (Å²) < 4.78 is 5.76. The Morgan fingerprint density at radius 2 is 1.36 bits per heavy atom. The number of rotatable bonds is 3. The highest BCUT2D eigenvalue weighted by molar-refractivity contribution is 8.13. The van der Waals surface area contributed by atoms with Gasteiger partial charge in [-0.3, -0.25) is 4.79 Å². The Morgan fingerprint density at radius 3 is 1.96 bits per heavy atom. The molecule has 28 heavy (non-hydrogen) atoms. The lowest BCUT2D eigenvalue weighted by Crippen LogP contribution is -2.16. The number of amides is 1. The van der Waals surface area contributed by atoms with Crippen molar-refractivity contribution < 1.29 is 9.53 Å². The Hall–Kier alpha value is -2.98. The molecule has 0 spiro atoms. The van der Waals surface area contributed by atoms with Crippen molar-refractivity contribution in [1.82, 2.24) is 4.90 Å². The number of methoxy groups -OCH3 is 1. The minimum atomic E-state index is -0.00395. The third-order valence-electron chi connectivity index (χ3n) is 4.81. The second-order valence-corrected chi connectivity index (χ2v) is 7.78. The number of benzene rings is 4. The highest BCUT2D eigenvalue weighted by atomic mass is 32.2. The van der Waals surface area contributed by atoms with Crippen molar-refractivity contribution in [1.29, 1.82) is 0 Å². The van der Waals surface area contributed by atoms with Crippen molar-refractivity contribution in [2.24, 2.45) is 0 Å². The van der Waals surface area contributed by atoms with E-state index in [1.54, 1.807) is 26.1 Å². The minimum Gasteiger partial charge on any atom is -0.496 e. The molecule has 0 heterocycles. The van der Waals surface area contributed by atoms with Crippen LogP contribution in [0.15, 0.2) is 77.7 Å². The summed E-state index contributed by atoms with van der Waals surface area (Å²) in [5, 5.41) is 4.48. The predicted molar refractivity (Wildman–Crippen MR) is 118 cm³/mol. The molecule has 4 aromatic carbocycles. The number of fused-ring (bicyclic) bond motifs is 2. The number of hydrogen-bond donors (Lipinski definition) is 0. The zero-order valence-electron chi connectivity index (χ0n) is 16.1. The van der Waals surface area contributed by atoms with Crippen LogP contribution >= 0.6 is 11.8 Å². The maximum absolute atomic E-state index is 12.5. The maximum atomic E-state index is 12.5. The van der Waals surface area contributed by atoms with E-state index in [1.165, 1.54) is 11.8 Å². The number of carbonyl (C=O) groups is 1. The molecule has 0 radical (unpaired) electrons. The molecule has 0 N–H and O–H groups in total. The zero-order chi connectivity index (χ0) is 19.7. The van der Waals surface area contributed by atoms with Crippen molar-refractivity contribution in [2.45, 2.75) is 4.90 Å². The second kappa shape index (κ2) is 7.56. The molecule has 0 atom stereocenters. The predicted octanol–water partition coefficient (Wildman–Crippen LogP) is 6.44. The first kappa shape index (κ1) is 18.4. The number of thioether (sulfide) groups is 1. The summed E-state index contributed by atoms with van der Waals surface area (Å²) >= 11 is 1.25. The fraction of sp³-hybridized carbons (Fsp3) is 0.125. The van der Waals surface area contributed by atoms with E-state index in [-0.39, 0.29) is 5.24 Å². The van der Waals surface area contributed by atoms with Crippen LogP contribution in [0.1, 0.15) is 0 Å². The molecule has 140 valence electrons. The molecule has 0 fully saturated rings. The van der Waals surface area contributed by atoms with Crippen LogP contribution in [0.2, 0.25) is 0 Å². The molecule has 0 bridgehead atoms. The molecular weight excluding hydrogens is 366 g/mol. The smallest absolute Gasteiger partial charge is 0.285 e. The molecule has 4 heteroatoms. The van der Waals surface area contributed by atoms with Gasteiger partial charge in [-0.05, 0) is 45.4 Å². The van der Waals surface area contributed by atoms with E-state index in [1.807, 2.05) is 36.4 Å². The van der Waals surface area contributed by atoms with Gasteiger partial charge in [-0.25, -0.2) is 0 Å². The van der Waals surface area contributed by atoms with E-state index < -0.39 is 0 Å². The summed E-state index contributed by atoms with van der Waals surface area (Å²) in [6, 6.07) is 24.7. The van der Waals surface area contributed by atoms with Crippen LogP contribution in [0.25, 0.3) is 32.7 Å². The van der Waals surface area contributed by atoms with Gasteiger partial charge in [0.1, 0.15) is 5.75 Å². The summed E-state index contributed by atoms with van der Waals surface area (Å²) in [7, 11) is 5.24. The first-order valence-corrected chi connectivity index (χ1v) is 9.89. The second-order valence-electron chi connectivity index (χ2n) is 6.79. The fourth-order valence-electron chi connectivity index (χ4n) is 3.46. The average molecular weight is 388 g/mol. The molecule has 0 saturated carbocycles. The lowest BCUT2D eigenvalue weighted by molar-refractivity contribution is 0.241. The summed E-state index contributed by atoms with van der Waals surface area (Å²) in [4.78, 5) is 15.0. The average Bonchev–Trinajstić information content (AvgIpc) is 2.73. The van der Waals surface area contributed by atoms with Crippen LogP contribution in [0.5, 0.6) is 5.75 Å². The van der Waals surface area contributed by atoms with Gasteiger partial charge in [0.05, 0.1) is 7.11 Å². The quantitative estimate of drug-likeness (QED) is 0.379. The Labute approximate surface area is 168 Å². The lowest BCUT2D eigenvalue weighted by Gasteiger charge is -2.19. The van der Waals surface area contributed by atoms with E-state index in [9.17, 15) is 4.79 Å². The van der Waals surface area contributed by atoms with Gasteiger partial charge < -0.3 is 9.64 Å². The van der Waals surface area contributed by atoms with Crippen LogP contribution < -0.4 is 4.74 Å². The molecule has 0 aromatic heterocycles. The van der Waals surface area contributed by atoms with Gasteiger partial charge in [-0.15, -0.1) is 0 Å². The van der Waals surface area contributed by atoms with E-state index in [4.69, 9.17) is 4.74 Å². The number of hydrogen-bond acceptors (Lipinski definition) is 3. The van der Waals surface area contributed by atoms with Crippen molar-refractivity contribution in [3.8, 4) is 16.9 Å². The van der Waals surface area contributed by atoms with Crippen molar-refractivity contribution in [3.05, 3.63) is 72.8 Å². The van der Waals surface area contributed by atoms with Gasteiger partial charge in [0.15, 0.2) is 0 Å². The van der Waals surface area contributed by atoms with Gasteiger partial charge in [0.2, 0.25) is 0 Å². The van der Waals surface area contributed by atoms with Crippen molar-refractivity contribution in [2.75, 3.05) is 21.2 Å². The molecule has 0 saturated heterocycles. The summed E-state index contributed by atoms with van der Waals surface area (Å²) in [5.41, 5.74) is 2.05. The minimum absolute atomic E-state index is 0.00395. The summed E-state index contributed by atoms with van der Waals surface area (Å²) in [5.74, 6) is 0.800. The van der Waals surface area contributed by atoms with Crippen LogP contribution in [0.3, 0.4) is 0 Å². The van der Waals surface area contributed by atoms with Gasteiger partial charge in [-0.2, -0.15) is 0 Å². The van der Waals surface area contributed by atoms with Crippen molar-refractivity contribution >= 4 is 38.5 Å². The Bertz CT molecular complexity index is 1180. The van der Waals surface area contributed by atoms with E-state index in [0.717, 1.165) is 43.3 Å². The monoisotopic (exact) mass is 387 g/mol. The molecule has 1 amide bonds. The van der Waals surface area contributed by atoms with Gasteiger partial charge in [0.25, 0.3) is 5.24 Å². The lowest BCUT2D eigenvalue weighted by atomic mass is 9.93. The fourth-order valence-corrected chi connectivity index (χ4v) is 4.28. The Morgan fingerprint density at radius 1 is 0.786 bits per heavy atom. The zero-order valence-corrected chi connectivity index (χ0v) is 16.9. The van der Waals surface area contributed by atoms with Crippen LogP contribution in [-0.4, -0.2) is 31.3 Å². The topological polar surface area (TPSA) is 29.5 Å². The van der Waals surface area contributed by atoms with Crippen LogP contribution in [0.4, 0.5) is 4.79 Å². The van der Waals surface area contributed by atoms with E-state index >= 15 is 0 Å². The van der Waals surface area contributed by atoms with Crippen LogP contribution in [-0.2, 0) is 0 Å². The highest BCUT2D eigenvalue weighted by Crippen LogP contribution is 2.45. The first-order chi connectivity index (χ1) is 13.6. The molecule has 4 rings (SSSR count). The highest BCUT2D eigenvalue weighted by Gasteiger charge is 2.20. The molecule has 0 aliphatic heterocycles. The summed E-state index contributed by atoms with van der Waals surface area (Å²) in [6.07, 6.45) is 0. The van der Waals surface area contributed by atoms with Crippen molar-refractivity contribution in [3.63, 3.8) is 0 Å². The standard InChI is InChI=1S/C24H21NO2S/c1-25(2)24(26)28-21-15-13-17-9-5-7-11-19(17)23(21)22-18-10-6-4-8-16(18)12-14-20(22)27-3/h4-15H,1-3H3. The van der Waals surface area contributed by atoms with Gasteiger partial charge in [-0.1, -0.05) is 60.7 Å². The van der Waals surface area contributed by atoms with E-state index in [0.29, 0.717) is 0 Å². The third-order valence-corrected chi connectivity index (χ3v) is 5.91. The Balaban J connectivity index is 2.10. The number of nitrogens with zero attached hydrogens (tertiary/aromatic N) is 1. The molecule has 4 aromatic rings. The van der Waals surface area contributed by atoms with Crippen LogP contribution in [0, 0.1) is 0 Å². The number of ether oxygens (including phenoxy) is 1. The first-order valence-electron chi connectivity index (χ1n) is 9.07. The largest absolute Gasteiger partial charge is 0.496 e. The van der Waals surface area contributed by atoms with Gasteiger partial charge in [0, 0.05) is 30.1 Å². The third kappa shape index (κ3) is 3.20. The van der Waals surface area contributed by atoms with E-state index in [2.05, 4.69) is 36.4 Å². The molecule has 0 aliphatic rings. The number of carbonyl (C=O) groups excluding carboxylic acids is 1. The summed E-state index contributed by atoms with van der Waals surface area (Å²) in [6.45, 7) is 0. The Kier molecular flexibility index (Phi) is 4.97. The normalized spacial score (nSPS) is 11.0. The molecular formula is C24H21NO2S. The molecule has 0 unspecified atom stereocenters. The van der Waals surface area contributed by atoms with Gasteiger partial charge >= 0.3 is 0 Å².